The van der Waals surface area contributed by atoms with E-state index in [2.05, 4.69) is 14.8 Å². The lowest BCUT2D eigenvalue weighted by atomic mass is 10.2. The summed E-state index contributed by atoms with van der Waals surface area (Å²) in [7, 11) is 1.19. The summed E-state index contributed by atoms with van der Waals surface area (Å²) in [6.07, 6.45) is 1.67. The zero-order chi connectivity index (χ0) is 14.7. The number of hydrogen-bond acceptors (Lipinski definition) is 7. The second-order valence-corrected chi connectivity index (χ2v) is 3.62. The lowest BCUT2D eigenvalue weighted by Gasteiger charge is -2.03. The fourth-order valence-electron chi connectivity index (χ4n) is 1.52. The van der Waals surface area contributed by atoms with Crippen molar-refractivity contribution in [2.45, 2.75) is 0 Å². The summed E-state index contributed by atoms with van der Waals surface area (Å²) in [5.41, 5.74) is 0.109. The van der Waals surface area contributed by atoms with E-state index in [0.717, 1.165) is 6.07 Å². The molecular weight excluding hydrogens is 268 g/mol. The molecule has 2 rings (SSSR count). The highest BCUT2D eigenvalue weighted by atomic mass is 16.6. The average Bonchev–Trinajstić information content (AvgIpc) is 2.95. The smallest absolute Gasteiger partial charge is 0.377 e. The number of benzene rings is 1. The summed E-state index contributed by atoms with van der Waals surface area (Å²) < 4.78 is 5.62. The normalized spacial score (nSPS) is 10.1. The van der Waals surface area contributed by atoms with Gasteiger partial charge in [0, 0.05) is 17.7 Å². The predicted octanol–water partition coefficient (Wildman–Crippen LogP) is 0.775. The second-order valence-electron chi connectivity index (χ2n) is 3.62. The van der Waals surface area contributed by atoms with Crippen LogP contribution in [0.15, 0.2) is 24.5 Å². The first-order chi connectivity index (χ1) is 9.56. The van der Waals surface area contributed by atoms with Crippen molar-refractivity contribution < 1.29 is 19.2 Å². The first-order valence-corrected chi connectivity index (χ1v) is 5.30. The molecule has 0 N–H and O–H groups in total. The molecule has 0 saturated carbocycles. The van der Waals surface area contributed by atoms with Gasteiger partial charge in [0.25, 0.3) is 11.5 Å². The third kappa shape index (κ3) is 2.36. The van der Waals surface area contributed by atoms with Crippen LogP contribution in [-0.4, -0.2) is 39.1 Å². The molecule has 0 aliphatic carbocycles. The quantitative estimate of drug-likeness (QED) is 0.350. The lowest BCUT2D eigenvalue weighted by molar-refractivity contribution is -0.384. The van der Waals surface area contributed by atoms with Crippen molar-refractivity contribution >= 4 is 17.9 Å². The summed E-state index contributed by atoms with van der Waals surface area (Å²) in [6.45, 7) is 0. The van der Waals surface area contributed by atoms with Crippen molar-refractivity contribution in [3.63, 3.8) is 0 Å². The molecule has 0 bridgehead atoms. The van der Waals surface area contributed by atoms with E-state index in [1.54, 1.807) is 0 Å². The van der Waals surface area contributed by atoms with E-state index in [4.69, 9.17) is 0 Å². The Morgan fingerprint density at radius 2 is 2.25 bits per heavy atom. The van der Waals surface area contributed by atoms with Gasteiger partial charge in [0.15, 0.2) is 6.29 Å². The number of non-ortho nitro benzene ring substituents is 1. The lowest BCUT2D eigenvalue weighted by Crippen LogP contribution is -2.06. The number of carbonyl (C=O) groups excluding carboxylic acids is 2. The van der Waals surface area contributed by atoms with Crippen molar-refractivity contribution in [1.82, 2.24) is 14.8 Å². The molecule has 0 amide bonds. The van der Waals surface area contributed by atoms with Crippen molar-refractivity contribution in [3.8, 4) is 5.69 Å². The SMILES string of the molecule is COC(=O)c1ncn(-c2ccc([N+](=O)[O-])cc2C=O)n1. The minimum Gasteiger partial charge on any atom is -0.463 e. The Balaban J connectivity index is 2.47. The number of ether oxygens (including phenoxy) is 1. The minimum absolute atomic E-state index is 0.0560. The molecule has 9 heteroatoms. The van der Waals surface area contributed by atoms with Crippen LogP contribution in [0.5, 0.6) is 0 Å². The van der Waals surface area contributed by atoms with Gasteiger partial charge in [-0.2, -0.15) is 0 Å². The molecule has 102 valence electrons. The molecule has 9 nitrogen and oxygen atoms in total. The van der Waals surface area contributed by atoms with E-state index in [0.29, 0.717) is 6.29 Å². The summed E-state index contributed by atoms with van der Waals surface area (Å²) >= 11 is 0. The number of aldehydes is 1. The number of carbonyl (C=O) groups is 2. The summed E-state index contributed by atoms with van der Waals surface area (Å²) in [5.74, 6) is -0.902. The molecule has 1 heterocycles. The summed E-state index contributed by atoms with van der Waals surface area (Å²) in [4.78, 5) is 36.0. The summed E-state index contributed by atoms with van der Waals surface area (Å²) in [6, 6.07) is 3.68. The number of rotatable bonds is 4. The summed E-state index contributed by atoms with van der Waals surface area (Å²) in [5, 5.41) is 14.5. The van der Waals surface area contributed by atoms with Crippen molar-refractivity contribution in [2.75, 3.05) is 7.11 Å². The second kappa shape index (κ2) is 5.26. The van der Waals surface area contributed by atoms with Gasteiger partial charge in [0.05, 0.1) is 17.7 Å². The Bertz CT molecular complexity index is 694. The Hall–Kier alpha value is -3.10. The molecular formula is C11H8N4O5. The molecule has 2 aromatic rings. The van der Waals surface area contributed by atoms with Gasteiger partial charge in [-0.25, -0.2) is 14.5 Å². The zero-order valence-electron chi connectivity index (χ0n) is 10.2. The topological polar surface area (TPSA) is 117 Å². The van der Waals surface area contributed by atoms with Crippen LogP contribution in [0.4, 0.5) is 5.69 Å². The van der Waals surface area contributed by atoms with E-state index in [1.165, 1.54) is 30.3 Å². The molecule has 1 aromatic carbocycles. The first kappa shape index (κ1) is 13.3. The van der Waals surface area contributed by atoms with Gasteiger partial charge in [0.2, 0.25) is 0 Å². The average molecular weight is 276 g/mol. The number of nitro groups is 1. The van der Waals surface area contributed by atoms with Gasteiger partial charge in [-0.15, -0.1) is 5.10 Å². The van der Waals surface area contributed by atoms with Crippen LogP contribution >= 0.6 is 0 Å². The Morgan fingerprint density at radius 3 is 2.85 bits per heavy atom. The van der Waals surface area contributed by atoms with Crippen LogP contribution in [0.1, 0.15) is 21.0 Å². The molecule has 0 radical (unpaired) electrons. The monoisotopic (exact) mass is 276 g/mol. The van der Waals surface area contributed by atoms with Gasteiger partial charge >= 0.3 is 5.97 Å². The van der Waals surface area contributed by atoms with E-state index >= 15 is 0 Å². The van der Waals surface area contributed by atoms with Crippen LogP contribution in [0, 0.1) is 10.1 Å². The molecule has 0 saturated heterocycles. The highest BCUT2D eigenvalue weighted by Gasteiger charge is 2.16. The van der Waals surface area contributed by atoms with Gasteiger partial charge in [-0.3, -0.25) is 14.9 Å². The van der Waals surface area contributed by atoms with Crippen LogP contribution in [0.2, 0.25) is 0 Å². The van der Waals surface area contributed by atoms with Crippen LogP contribution in [0.25, 0.3) is 5.69 Å². The zero-order valence-corrected chi connectivity index (χ0v) is 10.2. The molecule has 20 heavy (non-hydrogen) atoms. The fourth-order valence-corrected chi connectivity index (χ4v) is 1.52. The van der Waals surface area contributed by atoms with E-state index < -0.39 is 10.9 Å². The van der Waals surface area contributed by atoms with Crippen LogP contribution in [-0.2, 0) is 4.74 Å². The maximum absolute atomic E-state index is 11.2. The molecule has 0 aliphatic heterocycles. The Kier molecular flexibility index (Phi) is 3.51. The van der Waals surface area contributed by atoms with Gasteiger partial charge in [-0.1, -0.05) is 0 Å². The van der Waals surface area contributed by atoms with E-state index in [1.807, 2.05) is 0 Å². The van der Waals surface area contributed by atoms with Gasteiger partial charge < -0.3 is 4.74 Å². The maximum Gasteiger partial charge on any atom is 0.377 e. The molecule has 0 unspecified atom stereocenters. The standard InChI is InChI=1S/C11H8N4O5/c1-20-11(17)10-12-6-14(13-10)9-3-2-8(15(18)19)4-7(9)5-16/h2-6H,1H3. The fraction of sp³-hybridized carbons (Fsp3) is 0.0909. The van der Waals surface area contributed by atoms with Crippen LogP contribution < -0.4 is 0 Å². The molecule has 0 aliphatic rings. The first-order valence-electron chi connectivity index (χ1n) is 5.30. The number of aromatic nitrogens is 3. The minimum atomic E-state index is -0.724. The molecule has 1 aromatic heterocycles. The predicted molar refractivity (Wildman–Crippen MR) is 64.7 cm³/mol. The van der Waals surface area contributed by atoms with Crippen LogP contribution in [0.3, 0.4) is 0 Å². The molecule has 0 atom stereocenters. The number of hydrogen-bond donors (Lipinski definition) is 0. The maximum atomic E-state index is 11.2. The molecule has 0 spiro atoms. The van der Waals surface area contributed by atoms with Gasteiger partial charge in [-0.05, 0) is 6.07 Å². The number of methoxy groups -OCH3 is 1. The Labute approximate surface area is 111 Å². The highest BCUT2D eigenvalue weighted by Crippen LogP contribution is 2.19. The van der Waals surface area contributed by atoms with Gasteiger partial charge in [0.1, 0.15) is 6.33 Å². The van der Waals surface area contributed by atoms with E-state index in [-0.39, 0.29) is 22.8 Å². The van der Waals surface area contributed by atoms with E-state index in [9.17, 15) is 19.7 Å². The third-order valence-electron chi connectivity index (χ3n) is 2.46. The largest absolute Gasteiger partial charge is 0.463 e. The Morgan fingerprint density at radius 1 is 1.50 bits per heavy atom. The number of esters is 1. The van der Waals surface area contributed by atoms with Crippen molar-refractivity contribution in [1.29, 1.82) is 0 Å². The highest BCUT2D eigenvalue weighted by molar-refractivity contribution is 5.85. The number of nitro benzene ring substituents is 1. The van der Waals surface area contributed by atoms with Crippen molar-refractivity contribution in [3.05, 3.63) is 46.0 Å². The number of nitrogens with zero attached hydrogens (tertiary/aromatic N) is 4. The van der Waals surface area contributed by atoms with Crippen molar-refractivity contribution in [2.24, 2.45) is 0 Å². The molecule has 0 fully saturated rings. The third-order valence-corrected chi connectivity index (χ3v) is 2.46.